The van der Waals surface area contributed by atoms with E-state index in [0.717, 1.165) is 4.57 Å². The van der Waals surface area contributed by atoms with Crippen LogP contribution in [0.15, 0.2) is 51.2 Å². The smallest absolute Gasteiger partial charge is 0.332 e. The molecule has 0 aliphatic carbocycles. The number of fused-ring (bicyclic) bond motifs is 1. The average Bonchev–Trinajstić information content (AvgIpc) is 3.53. The molecule has 0 saturated heterocycles. The summed E-state index contributed by atoms with van der Waals surface area (Å²) in [6.07, 6.45) is 5.90. The standard InChI is InChI=1S/C24H22ClN9O4/c1-12-5-16(31-38-12)10-33-23(36)20-21(32(4)24(33)37)28-11-34(20)14(3)22(35)30-19-9-26-8-18(29-19)15-6-17(25)13(2)27-7-15/h5-9,11,14H,10H2,1-4H3,(H,29,30,35)/t14-/m0/s1. The van der Waals surface area contributed by atoms with Crippen LogP contribution in [-0.2, 0) is 18.4 Å². The minimum atomic E-state index is -0.881. The lowest BCUT2D eigenvalue weighted by molar-refractivity contribution is -0.118. The van der Waals surface area contributed by atoms with Gasteiger partial charge in [-0.25, -0.2) is 14.8 Å². The van der Waals surface area contributed by atoms with Gasteiger partial charge in [-0.2, -0.15) is 0 Å². The average molecular weight is 536 g/mol. The first-order chi connectivity index (χ1) is 18.1. The van der Waals surface area contributed by atoms with E-state index in [1.807, 2.05) is 0 Å². The minimum Gasteiger partial charge on any atom is -0.361 e. The maximum atomic E-state index is 13.4. The Morgan fingerprint density at radius 3 is 2.66 bits per heavy atom. The van der Waals surface area contributed by atoms with Gasteiger partial charge in [-0.1, -0.05) is 16.8 Å². The number of anilines is 1. The third-order valence-corrected chi connectivity index (χ3v) is 6.44. The van der Waals surface area contributed by atoms with Crippen LogP contribution < -0.4 is 16.6 Å². The second-order valence-electron chi connectivity index (χ2n) is 8.73. The van der Waals surface area contributed by atoms with E-state index in [1.54, 1.807) is 39.1 Å². The predicted molar refractivity (Wildman–Crippen MR) is 138 cm³/mol. The highest BCUT2D eigenvalue weighted by molar-refractivity contribution is 6.31. The molecule has 0 radical (unpaired) electrons. The molecule has 0 fully saturated rings. The highest BCUT2D eigenvalue weighted by Gasteiger charge is 2.23. The second-order valence-corrected chi connectivity index (χ2v) is 9.14. The number of pyridine rings is 1. The Balaban J connectivity index is 1.46. The first-order valence-electron chi connectivity index (χ1n) is 11.5. The molecule has 0 aliphatic heterocycles. The molecule has 1 atom stereocenters. The van der Waals surface area contributed by atoms with Crippen molar-refractivity contribution in [1.29, 1.82) is 0 Å². The van der Waals surface area contributed by atoms with E-state index in [1.165, 1.54) is 34.9 Å². The van der Waals surface area contributed by atoms with Gasteiger partial charge in [0.05, 0.1) is 41.7 Å². The summed E-state index contributed by atoms with van der Waals surface area (Å²) >= 11 is 6.18. The summed E-state index contributed by atoms with van der Waals surface area (Å²) in [4.78, 5) is 56.5. The van der Waals surface area contributed by atoms with Gasteiger partial charge in [0.25, 0.3) is 5.56 Å². The normalized spacial score (nSPS) is 12.1. The number of aryl methyl sites for hydroxylation is 3. The molecule has 0 unspecified atom stereocenters. The zero-order valence-corrected chi connectivity index (χ0v) is 21.6. The van der Waals surface area contributed by atoms with Crippen molar-refractivity contribution in [3.8, 4) is 11.3 Å². The number of rotatable bonds is 6. The van der Waals surface area contributed by atoms with Crippen LogP contribution in [-0.4, -0.2) is 44.7 Å². The molecule has 0 aliphatic rings. The van der Waals surface area contributed by atoms with Crippen LogP contribution in [0.25, 0.3) is 22.4 Å². The van der Waals surface area contributed by atoms with E-state index < -0.39 is 23.2 Å². The lowest BCUT2D eigenvalue weighted by Gasteiger charge is -2.15. The van der Waals surface area contributed by atoms with Crippen LogP contribution in [0.3, 0.4) is 0 Å². The maximum absolute atomic E-state index is 13.4. The number of imidazole rings is 1. The second kappa shape index (κ2) is 9.67. The summed E-state index contributed by atoms with van der Waals surface area (Å²) in [5.74, 6) is 0.282. The van der Waals surface area contributed by atoms with Crippen molar-refractivity contribution in [2.75, 3.05) is 5.32 Å². The highest BCUT2D eigenvalue weighted by Crippen LogP contribution is 2.23. The number of carbonyl (C=O) groups excluding carboxylic acids is 1. The first kappa shape index (κ1) is 25.0. The molecule has 0 saturated carbocycles. The van der Waals surface area contributed by atoms with E-state index in [9.17, 15) is 14.4 Å². The molecular weight excluding hydrogens is 514 g/mol. The van der Waals surface area contributed by atoms with Crippen molar-refractivity contribution in [3.63, 3.8) is 0 Å². The number of carbonyl (C=O) groups is 1. The Hall–Kier alpha value is -4.65. The Kier molecular flexibility index (Phi) is 6.36. The van der Waals surface area contributed by atoms with E-state index in [4.69, 9.17) is 16.1 Å². The van der Waals surface area contributed by atoms with Crippen molar-refractivity contribution in [2.24, 2.45) is 7.05 Å². The third-order valence-electron chi connectivity index (χ3n) is 6.06. The van der Waals surface area contributed by atoms with Gasteiger partial charge in [-0.3, -0.25) is 28.7 Å². The summed E-state index contributed by atoms with van der Waals surface area (Å²) in [6, 6.07) is 2.48. The van der Waals surface area contributed by atoms with Gasteiger partial charge in [-0.15, -0.1) is 0 Å². The quantitative estimate of drug-likeness (QED) is 0.344. The summed E-state index contributed by atoms with van der Waals surface area (Å²) in [7, 11) is 1.50. The zero-order valence-electron chi connectivity index (χ0n) is 20.8. The van der Waals surface area contributed by atoms with Gasteiger partial charge < -0.3 is 14.4 Å². The molecule has 1 N–H and O–H groups in total. The Labute approximate surface area is 219 Å². The molecule has 13 nitrogen and oxygen atoms in total. The molecule has 0 bridgehead atoms. The van der Waals surface area contributed by atoms with E-state index in [2.05, 4.69) is 30.4 Å². The van der Waals surface area contributed by atoms with Crippen molar-refractivity contribution in [2.45, 2.75) is 33.4 Å². The monoisotopic (exact) mass is 535 g/mol. The van der Waals surface area contributed by atoms with Crippen LogP contribution in [0, 0.1) is 13.8 Å². The molecule has 5 aromatic rings. The summed E-state index contributed by atoms with van der Waals surface area (Å²) in [5, 5.41) is 7.07. The number of hydrogen-bond acceptors (Lipinski definition) is 9. The number of aromatic nitrogens is 8. The fraction of sp³-hybridized carbons (Fsp3) is 0.250. The van der Waals surface area contributed by atoms with Crippen LogP contribution >= 0.6 is 11.6 Å². The molecular formula is C24H22ClN9O4. The molecule has 14 heteroatoms. The zero-order chi connectivity index (χ0) is 27.1. The lowest BCUT2D eigenvalue weighted by atomic mass is 10.2. The summed E-state index contributed by atoms with van der Waals surface area (Å²) in [5.41, 5.74) is 1.28. The molecule has 1 amide bonds. The van der Waals surface area contributed by atoms with Crippen LogP contribution in [0.4, 0.5) is 5.82 Å². The van der Waals surface area contributed by atoms with Crippen LogP contribution in [0.2, 0.25) is 5.02 Å². The Morgan fingerprint density at radius 2 is 1.95 bits per heavy atom. The van der Waals surface area contributed by atoms with Crippen LogP contribution in [0.1, 0.15) is 30.1 Å². The molecule has 5 rings (SSSR count). The van der Waals surface area contributed by atoms with Crippen molar-refractivity contribution >= 4 is 34.5 Å². The van der Waals surface area contributed by atoms with E-state index in [0.29, 0.717) is 33.4 Å². The predicted octanol–water partition coefficient (Wildman–Crippen LogP) is 2.25. The number of amides is 1. The van der Waals surface area contributed by atoms with Gasteiger partial charge in [0, 0.05) is 24.9 Å². The molecule has 0 spiro atoms. The van der Waals surface area contributed by atoms with Crippen molar-refractivity contribution < 1.29 is 9.32 Å². The summed E-state index contributed by atoms with van der Waals surface area (Å²) in [6.45, 7) is 5.01. The van der Waals surface area contributed by atoms with Crippen molar-refractivity contribution in [1.82, 2.24) is 38.8 Å². The van der Waals surface area contributed by atoms with E-state index >= 15 is 0 Å². The fourth-order valence-corrected chi connectivity index (χ4v) is 4.11. The maximum Gasteiger partial charge on any atom is 0.332 e. The topological polar surface area (TPSA) is 156 Å². The first-order valence-corrected chi connectivity index (χ1v) is 11.9. The molecule has 0 aromatic carbocycles. The van der Waals surface area contributed by atoms with Gasteiger partial charge in [0.15, 0.2) is 17.0 Å². The van der Waals surface area contributed by atoms with Crippen molar-refractivity contribution in [3.05, 3.63) is 80.1 Å². The lowest BCUT2D eigenvalue weighted by Crippen LogP contribution is -2.40. The van der Waals surface area contributed by atoms with Gasteiger partial charge in [-0.05, 0) is 26.8 Å². The third kappa shape index (κ3) is 4.47. The Morgan fingerprint density at radius 1 is 1.16 bits per heavy atom. The van der Waals surface area contributed by atoms with Gasteiger partial charge in [0.2, 0.25) is 5.91 Å². The number of nitrogens with zero attached hydrogens (tertiary/aromatic N) is 8. The summed E-state index contributed by atoms with van der Waals surface area (Å²) < 4.78 is 8.74. The Bertz CT molecular complexity index is 1820. The fourth-order valence-electron chi connectivity index (χ4n) is 3.95. The number of halogens is 1. The molecule has 194 valence electrons. The SMILES string of the molecule is Cc1cc(Cn2c(=O)c3c(ncn3[C@@H](C)C(=O)Nc3cncc(-c4cnc(C)c(Cl)c4)n3)n(C)c2=O)no1. The highest BCUT2D eigenvalue weighted by atomic mass is 35.5. The van der Waals surface area contributed by atoms with E-state index in [-0.39, 0.29) is 23.5 Å². The molecule has 5 aromatic heterocycles. The largest absolute Gasteiger partial charge is 0.361 e. The van der Waals surface area contributed by atoms with Gasteiger partial charge >= 0.3 is 5.69 Å². The molecule has 38 heavy (non-hydrogen) atoms. The number of nitrogens with one attached hydrogen (secondary N) is 1. The van der Waals surface area contributed by atoms with Crippen LogP contribution in [0.5, 0.6) is 0 Å². The minimum absolute atomic E-state index is 0.0925. The van der Waals surface area contributed by atoms with Gasteiger partial charge in [0.1, 0.15) is 17.5 Å². The molecule has 5 heterocycles. The number of hydrogen-bond donors (Lipinski definition) is 1.